The lowest BCUT2D eigenvalue weighted by molar-refractivity contribution is -0.383. The Labute approximate surface area is 125 Å². The zero-order chi connectivity index (χ0) is 14.9. The molecular weight excluding hydrogens is 296 g/mol. The van der Waals surface area contributed by atoms with Crippen molar-refractivity contribution in [2.45, 2.75) is 26.0 Å². The van der Waals surface area contributed by atoms with E-state index in [-0.39, 0.29) is 11.7 Å². The fraction of sp³-hybridized carbons (Fsp3) is 0.385. The lowest BCUT2D eigenvalue weighted by Gasteiger charge is -2.24. The van der Waals surface area contributed by atoms with E-state index in [1.807, 2.05) is 36.4 Å². The number of hydrogen-bond donors (Lipinski definition) is 1. The molecule has 0 aromatic carbocycles. The fourth-order valence-corrected chi connectivity index (χ4v) is 3.81. The molecule has 0 aliphatic carbocycles. The minimum absolute atomic E-state index is 0.0502. The first-order chi connectivity index (χ1) is 9.41. The Morgan fingerprint density at radius 1 is 1.40 bits per heavy atom. The predicted molar refractivity (Wildman–Crippen MR) is 82.7 cm³/mol. The molecule has 2 heterocycles. The summed E-state index contributed by atoms with van der Waals surface area (Å²) in [6.45, 7) is 3.62. The van der Waals surface area contributed by atoms with E-state index < -0.39 is 11.0 Å². The normalized spacial score (nSPS) is 14.0. The number of anilines is 1. The van der Waals surface area contributed by atoms with E-state index in [1.165, 1.54) is 17.4 Å². The van der Waals surface area contributed by atoms with E-state index in [4.69, 9.17) is 0 Å². The Hall–Kier alpha value is -1.44. The summed E-state index contributed by atoms with van der Waals surface area (Å²) in [5.74, 6) is 0. The van der Waals surface area contributed by atoms with Crippen molar-refractivity contribution in [1.29, 1.82) is 0 Å². The molecule has 0 saturated carbocycles. The molecule has 1 N–H and O–H groups in total. The summed E-state index contributed by atoms with van der Waals surface area (Å²) in [4.78, 5) is 14.4. The lowest BCUT2D eigenvalue weighted by Crippen LogP contribution is -2.20. The SMILES string of the molecule is CC(c1cccs1)N(C)c1sc([C@H](C)O)cc1[N+](=O)[O-]. The molecule has 2 rings (SSSR count). The van der Waals surface area contributed by atoms with Crippen LogP contribution in [0.15, 0.2) is 23.6 Å². The summed E-state index contributed by atoms with van der Waals surface area (Å²) in [6, 6.07) is 5.49. The average Bonchev–Trinajstić information content (AvgIpc) is 3.05. The molecule has 0 radical (unpaired) electrons. The van der Waals surface area contributed by atoms with Gasteiger partial charge in [-0.3, -0.25) is 10.1 Å². The van der Waals surface area contributed by atoms with Crippen molar-refractivity contribution in [2.24, 2.45) is 0 Å². The number of aliphatic hydroxyl groups is 1. The second-order valence-corrected chi connectivity index (χ2v) is 6.62. The van der Waals surface area contributed by atoms with Gasteiger partial charge in [0.2, 0.25) is 0 Å². The molecule has 0 aliphatic heterocycles. The van der Waals surface area contributed by atoms with Gasteiger partial charge in [0, 0.05) is 22.9 Å². The summed E-state index contributed by atoms with van der Waals surface area (Å²) in [6.07, 6.45) is -0.696. The Balaban J connectivity index is 2.38. The molecule has 2 aromatic rings. The Bertz CT molecular complexity index is 593. The predicted octanol–water partition coefficient (Wildman–Crippen LogP) is 3.97. The molecule has 0 amide bonds. The topological polar surface area (TPSA) is 66.6 Å². The van der Waals surface area contributed by atoms with Gasteiger partial charge in [0.25, 0.3) is 0 Å². The first-order valence-corrected chi connectivity index (χ1v) is 7.83. The van der Waals surface area contributed by atoms with Crippen LogP contribution in [0, 0.1) is 10.1 Å². The fourth-order valence-electron chi connectivity index (χ4n) is 1.87. The molecule has 20 heavy (non-hydrogen) atoms. The smallest absolute Gasteiger partial charge is 0.304 e. The Morgan fingerprint density at radius 2 is 2.10 bits per heavy atom. The molecule has 1 unspecified atom stereocenters. The average molecular weight is 312 g/mol. The third-order valence-corrected chi connectivity index (χ3v) is 5.61. The summed E-state index contributed by atoms with van der Waals surface area (Å²) < 4.78 is 0. The first-order valence-electron chi connectivity index (χ1n) is 6.14. The maximum Gasteiger partial charge on any atom is 0.304 e. The van der Waals surface area contributed by atoms with E-state index >= 15 is 0 Å². The molecule has 2 aromatic heterocycles. The van der Waals surface area contributed by atoms with Crippen LogP contribution in [-0.4, -0.2) is 17.1 Å². The van der Waals surface area contributed by atoms with Crippen LogP contribution in [0.25, 0.3) is 0 Å². The number of nitro groups is 1. The molecule has 0 fully saturated rings. The van der Waals surface area contributed by atoms with E-state index in [0.29, 0.717) is 9.88 Å². The number of thiophene rings is 2. The number of nitrogens with zero attached hydrogens (tertiary/aromatic N) is 2. The lowest BCUT2D eigenvalue weighted by atomic mass is 10.2. The maximum atomic E-state index is 11.2. The summed E-state index contributed by atoms with van der Waals surface area (Å²) in [7, 11) is 1.84. The van der Waals surface area contributed by atoms with Crippen molar-refractivity contribution in [3.8, 4) is 0 Å². The molecule has 108 valence electrons. The van der Waals surface area contributed by atoms with Gasteiger partial charge >= 0.3 is 5.69 Å². The van der Waals surface area contributed by atoms with Crippen LogP contribution < -0.4 is 4.90 Å². The van der Waals surface area contributed by atoms with Crippen molar-refractivity contribution in [2.75, 3.05) is 11.9 Å². The van der Waals surface area contributed by atoms with Gasteiger partial charge in [-0.15, -0.1) is 22.7 Å². The number of rotatable bonds is 5. The molecule has 5 nitrogen and oxygen atoms in total. The number of aliphatic hydroxyl groups excluding tert-OH is 1. The highest BCUT2D eigenvalue weighted by atomic mass is 32.1. The van der Waals surface area contributed by atoms with E-state index in [1.54, 1.807) is 18.3 Å². The Morgan fingerprint density at radius 3 is 2.60 bits per heavy atom. The van der Waals surface area contributed by atoms with Gasteiger partial charge in [0.1, 0.15) is 0 Å². The molecule has 0 spiro atoms. The highest BCUT2D eigenvalue weighted by molar-refractivity contribution is 7.16. The quantitative estimate of drug-likeness (QED) is 0.670. The summed E-state index contributed by atoms with van der Waals surface area (Å²) in [5, 5.41) is 23.4. The van der Waals surface area contributed by atoms with Crippen LogP contribution in [0.5, 0.6) is 0 Å². The highest BCUT2D eigenvalue weighted by Gasteiger charge is 2.26. The largest absolute Gasteiger partial charge is 0.388 e. The molecular formula is C13H16N2O3S2. The maximum absolute atomic E-state index is 11.2. The summed E-state index contributed by atoms with van der Waals surface area (Å²) >= 11 is 2.89. The minimum atomic E-state index is -0.696. The van der Waals surface area contributed by atoms with Crippen LogP contribution in [0.2, 0.25) is 0 Å². The third-order valence-electron chi connectivity index (χ3n) is 3.18. The monoisotopic (exact) mass is 312 g/mol. The molecule has 0 saturated heterocycles. The van der Waals surface area contributed by atoms with Gasteiger partial charge in [-0.2, -0.15) is 0 Å². The van der Waals surface area contributed by atoms with Crippen LogP contribution >= 0.6 is 22.7 Å². The van der Waals surface area contributed by atoms with Crippen molar-refractivity contribution in [3.05, 3.63) is 43.4 Å². The minimum Gasteiger partial charge on any atom is -0.388 e. The van der Waals surface area contributed by atoms with Gasteiger partial charge in [0.15, 0.2) is 5.00 Å². The Kier molecular flexibility index (Phi) is 4.42. The van der Waals surface area contributed by atoms with Gasteiger partial charge in [-0.1, -0.05) is 6.07 Å². The van der Waals surface area contributed by atoms with Gasteiger partial charge in [-0.25, -0.2) is 0 Å². The standard InChI is InChI=1S/C13H16N2O3S2/c1-8(11-5-4-6-19-11)14(3)13-10(15(17)18)7-12(20-13)9(2)16/h4-9,16H,1-3H3/t8?,9-/m0/s1. The van der Waals surface area contributed by atoms with E-state index in [0.717, 1.165) is 4.88 Å². The summed E-state index contributed by atoms with van der Waals surface area (Å²) in [5.41, 5.74) is 0.0526. The van der Waals surface area contributed by atoms with Crippen molar-refractivity contribution >= 4 is 33.4 Å². The van der Waals surface area contributed by atoms with Gasteiger partial charge in [0.05, 0.1) is 17.1 Å². The zero-order valence-electron chi connectivity index (χ0n) is 11.4. The molecule has 0 aliphatic rings. The van der Waals surface area contributed by atoms with Gasteiger partial charge < -0.3 is 10.0 Å². The second-order valence-electron chi connectivity index (χ2n) is 4.57. The van der Waals surface area contributed by atoms with Crippen LogP contribution in [0.3, 0.4) is 0 Å². The highest BCUT2D eigenvalue weighted by Crippen LogP contribution is 2.42. The van der Waals surface area contributed by atoms with E-state index in [2.05, 4.69) is 0 Å². The second kappa shape index (κ2) is 5.90. The zero-order valence-corrected chi connectivity index (χ0v) is 13.1. The van der Waals surface area contributed by atoms with Crippen molar-refractivity contribution in [3.63, 3.8) is 0 Å². The first kappa shape index (κ1) is 15.0. The number of hydrogen-bond acceptors (Lipinski definition) is 6. The van der Waals surface area contributed by atoms with Crippen LogP contribution in [0.4, 0.5) is 10.7 Å². The molecule has 2 atom stereocenters. The van der Waals surface area contributed by atoms with Crippen molar-refractivity contribution in [1.82, 2.24) is 0 Å². The molecule has 7 heteroatoms. The van der Waals surface area contributed by atoms with Crippen LogP contribution in [-0.2, 0) is 0 Å². The molecule has 0 bridgehead atoms. The third kappa shape index (κ3) is 2.84. The van der Waals surface area contributed by atoms with Crippen LogP contribution in [0.1, 0.15) is 35.7 Å². The van der Waals surface area contributed by atoms with Gasteiger partial charge in [-0.05, 0) is 25.3 Å². The van der Waals surface area contributed by atoms with E-state index in [9.17, 15) is 15.2 Å². The van der Waals surface area contributed by atoms with Crippen molar-refractivity contribution < 1.29 is 10.0 Å².